The predicted octanol–water partition coefficient (Wildman–Crippen LogP) is 3.73. The summed E-state index contributed by atoms with van der Waals surface area (Å²) in [5.74, 6) is -0.451. The van der Waals surface area contributed by atoms with Crippen molar-refractivity contribution in [1.29, 1.82) is 0 Å². The Bertz CT molecular complexity index is 508. The first-order valence-corrected chi connectivity index (χ1v) is 4.59. The van der Waals surface area contributed by atoms with Gasteiger partial charge in [0.1, 0.15) is 5.82 Å². The lowest BCUT2D eigenvalue weighted by Crippen LogP contribution is -1.88. The van der Waals surface area contributed by atoms with E-state index in [0.29, 0.717) is 0 Å². The number of oxazole rings is 1. The van der Waals surface area contributed by atoms with Gasteiger partial charge in [-0.3, -0.25) is 0 Å². The molecule has 2 nitrogen and oxygen atoms in total. The van der Waals surface area contributed by atoms with Gasteiger partial charge in [-0.15, -0.1) is 0 Å². The van der Waals surface area contributed by atoms with Crippen LogP contribution in [0.3, 0.4) is 0 Å². The number of hydrogen-bond acceptors (Lipinski definition) is 2. The van der Waals surface area contributed by atoms with Crippen LogP contribution in [-0.4, -0.2) is 4.98 Å². The van der Waals surface area contributed by atoms with E-state index in [-0.39, 0.29) is 17.2 Å². The van der Waals surface area contributed by atoms with E-state index in [1.807, 2.05) is 0 Å². The third kappa shape index (κ3) is 1.93. The summed E-state index contributed by atoms with van der Waals surface area (Å²) in [6.45, 7) is 1.47. The molecule has 1 aromatic carbocycles. The third-order valence-corrected chi connectivity index (χ3v) is 2.05. The van der Waals surface area contributed by atoms with Gasteiger partial charge in [0, 0.05) is 12.5 Å². The van der Waals surface area contributed by atoms with E-state index in [1.54, 1.807) is 0 Å². The summed E-state index contributed by atoms with van der Waals surface area (Å²) in [6.07, 6.45) is -2.74. The lowest BCUT2D eigenvalue weighted by atomic mass is 10.1. The fourth-order valence-electron chi connectivity index (χ4n) is 1.43. The molecule has 0 aliphatic rings. The Morgan fingerprint density at radius 2 is 2.06 bits per heavy atom. The Labute approximate surface area is 89.7 Å². The van der Waals surface area contributed by atoms with Crippen LogP contribution in [0, 0.1) is 12.7 Å². The van der Waals surface area contributed by atoms with E-state index >= 15 is 0 Å². The Morgan fingerprint density at radius 3 is 2.69 bits per heavy atom. The average molecular weight is 227 g/mol. The molecule has 0 aliphatic heterocycles. The summed E-state index contributed by atoms with van der Waals surface area (Å²) in [5, 5.41) is 0. The molecule has 0 saturated carbocycles. The topological polar surface area (TPSA) is 26.0 Å². The standard InChI is InChI=1S/C11H8F3NO/c1-6-15-9(11(13)14)10(16-6)7-3-2-4-8(12)5-7/h2-5,11H,1H3. The number of aryl methyl sites for hydroxylation is 1. The molecule has 2 rings (SSSR count). The molecule has 0 atom stereocenters. The molecular weight excluding hydrogens is 219 g/mol. The van der Waals surface area contributed by atoms with E-state index in [9.17, 15) is 13.2 Å². The maximum absolute atomic E-state index is 12.9. The van der Waals surface area contributed by atoms with Crippen molar-refractivity contribution < 1.29 is 17.6 Å². The predicted molar refractivity (Wildman–Crippen MR) is 51.6 cm³/mol. The number of aromatic nitrogens is 1. The molecule has 16 heavy (non-hydrogen) atoms. The van der Waals surface area contributed by atoms with Gasteiger partial charge in [0.15, 0.2) is 17.3 Å². The van der Waals surface area contributed by atoms with Crippen molar-refractivity contribution in [2.24, 2.45) is 0 Å². The Kier molecular flexibility index (Phi) is 2.68. The fraction of sp³-hybridized carbons (Fsp3) is 0.182. The van der Waals surface area contributed by atoms with Crippen molar-refractivity contribution in [2.75, 3.05) is 0 Å². The van der Waals surface area contributed by atoms with Crippen molar-refractivity contribution in [3.05, 3.63) is 41.7 Å². The van der Waals surface area contributed by atoms with Gasteiger partial charge in [0.25, 0.3) is 6.43 Å². The number of hydrogen-bond donors (Lipinski definition) is 0. The summed E-state index contributed by atoms with van der Waals surface area (Å²) in [5.41, 5.74) is -0.195. The third-order valence-electron chi connectivity index (χ3n) is 2.05. The van der Waals surface area contributed by atoms with Crippen LogP contribution in [0.2, 0.25) is 0 Å². The molecule has 5 heteroatoms. The number of halogens is 3. The Balaban J connectivity index is 2.55. The van der Waals surface area contributed by atoms with E-state index in [4.69, 9.17) is 4.42 Å². The molecule has 0 spiro atoms. The highest BCUT2D eigenvalue weighted by atomic mass is 19.3. The van der Waals surface area contributed by atoms with Gasteiger partial charge in [-0.1, -0.05) is 12.1 Å². The minimum atomic E-state index is -2.74. The quantitative estimate of drug-likeness (QED) is 0.781. The molecule has 2 aromatic rings. The van der Waals surface area contributed by atoms with Gasteiger partial charge in [-0.05, 0) is 12.1 Å². The Hall–Kier alpha value is -1.78. The Morgan fingerprint density at radius 1 is 1.31 bits per heavy atom. The van der Waals surface area contributed by atoms with Gasteiger partial charge in [0.05, 0.1) is 0 Å². The first kappa shape index (κ1) is 10.7. The number of alkyl halides is 2. The van der Waals surface area contributed by atoms with Gasteiger partial charge < -0.3 is 4.42 Å². The van der Waals surface area contributed by atoms with Crippen molar-refractivity contribution in [2.45, 2.75) is 13.3 Å². The van der Waals surface area contributed by atoms with Crippen LogP contribution in [0.5, 0.6) is 0 Å². The van der Waals surface area contributed by atoms with Gasteiger partial charge in [-0.2, -0.15) is 0 Å². The van der Waals surface area contributed by atoms with Crippen LogP contribution in [0.15, 0.2) is 28.7 Å². The molecule has 0 unspecified atom stereocenters. The fourth-order valence-corrected chi connectivity index (χ4v) is 1.43. The highest BCUT2D eigenvalue weighted by Gasteiger charge is 2.21. The van der Waals surface area contributed by atoms with Crippen LogP contribution in [-0.2, 0) is 0 Å². The smallest absolute Gasteiger partial charge is 0.284 e. The minimum absolute atomic E-state index is 0.0769. The first-order valence-electron chi connectivity index (χ1n) is 4.59. The SMILES string of the molecule is Cc1nc(C(F)F)c(-c2cccc(F)c2)o1. The number of benzene rings is 1. The van der Waals surface area contributed by atoms with Crippen LogP contribution in [0.1, 0.15) is 18.0 Å². The van der Waals surface area contributed by atoms with Gasteiger partial charge in [-0.25, -0.2) is 18.2 Å². The van der Waals surface area contributed by atoms with Crippen LogP contribution >= 0.6 is 0 Å². The van der Waals surface area contributed by atoms with E-state index in [2.05, 4.69) is 4.98 Å². The summed E-state index contributed by atoms with van der Waals surface area (Å²) in [4.78, 5) is 3.58. The van der Waals surface area contributed by atoms with Crippen molar-refractivity contribution in [3.8, 4) is 11.3 Å². The zero-order valence-electron chi connectivity index (χ0n) is 8.38. The maximum atomic E-state index is 12.9. The first-order chi connectivity index (χ1) is 7.58. The molecule has 0 N–H and O–H groups in total. The number of nitrogens with zero attached hydrogens (tertiary/aromatic N) is 1. The van der Waals surface area contributed by atoms with Crippen LogP contribution in [0.4, 0.5) is 13.2 Å². The second-order valence-electron chi connectivity index (χ2n) is 3.26. The zero-order valence-corrected chi connectivity index (χ0v) is 8.38. The molecule has 0 saturated heterocycles. The lowest BCUT2D eigenvalue weighted by Gasteiger charge is -1.99. The molecule has 1 heterocycles. The summed E-state index contributed by atoms with van der Waals surface area (Å²) >= 11 is 0. The van der Waals surface area contributed by atoms with Crippen molar-refractivity contribution >= 4 is 0 Å². The summed E-state index contributed by atoms with van der Waals surface area (Å²) in [6, 6.07) is 5.29. The molecular formula is C11H8F3NO. The molecule has 0 bridgehead atoms. The van der Waals surface area contributed by atoms with Gasteiger partial charge in [0.2, 0.25) is 0 Å². The highest BCUT2D eigenvalue weighted by molar-refractivity contribution is 5.60. The monoisotopic (exact) mass is 227 g/mol. The van der Waals surface area contributed by atoms with Crippen LogP contribution in [0.25, 0.3) is 11.3 Å². The van der Waals surface area contributed by atoms with E-state index in [1.165, 1.54) is 25.1 Å². The minimum Gasteiger partial charge on any atom is -0.441 e. The summed E-state index contributed by atoms with van der Waals surface area (Å²) < 4.78 is 43.2. The lowest BCUT2D eigenvalue weighted by molar-refractivity contribution is 0.147. The van der Waals surface area contributed by atoms with E-state index in [0.717, 1.165) is 6.07 Å². The number of rotatable bonds is 2. The normalized spacial score (nSPS) is 11.1. The summed E-state index contributed by atoms with van der Waals surface area (Å²) in [7, 11) is 0. The van der Waals surface area contributed by atoms with Gasteiger partial charge >= 0.3 is 0 Å². The average Bonchev–Trinajstić information content (AvgIpc) is 2.60. The molecule has 1 aromatic heterocycles. The molecule has 0 aliphatic carbocycles. The van der Waals surface area contributed by atoms with Crippen LogP contribution < -0.4 is 0 Å². The van der Waals surface area contributed by atoms with E-state index < -0.39 is 17.9 Å². The molecule has 84 valence electrons. The molecule has 0 fully saturated rings. The molecule has 0 radical (unpaired) electrons. The second-order valence-corrected chi connectivity index (χ2v) is 3.26. The van der Waals surface area contributed by atoms with Crippen molar-refractivity contribution in [3.63, 3.8) is 0 Å². The maximum Gasteiger partial charge on any atom is 0.284 e. The largest absolute Gasteiger partial charge is 0.441 e. The highest BCUT2D eigenvalue weighted by Crippen LogP contribution is 2.31. The zero-order chi connectivity index (χ0) is 11.7. The molecule has 0 amide bonds. The van der Waals surface area contributed by atoms with Crippen molar-refractivity contribution in [1.82, 2.24) is 4.98 Å². The second kappa shape index (κ2) is 4.00.